The van der Waals surface area contributed by atoms with Gasteiger partial charge in [0, 0.05) is 31.7 Å². The lowest BCUT2D eigenvalue weighted by Gasteiger charge is -2.30. The topological polar surface area (TPSA) is 66.6 Å². The third-order valence-corrected chi connectivity index (χ3v) is 4.12. The van der Waals surface area contributed by atoms with Crippen molar-refractivity contribution in [2.24, 2.45) is 0 Å². The molecule has 0 bridgehead atoms. The Morgan fingerprint density at radius 2 is 2.10 bits per heavy atom. The molecule has 20 heavy (non-hydrogen) atoms. The predicted octanol–water partition coefficient (Wildman–Crippen LogP) is 0.776. The molecular weight excluding hydrogens is 254 g/mol. The summed E-state index contributed by atoms with van der Waals surface area (Å²) in [5, 5.41) is 0. The number of benzene rings is 1. The second-order valence-corrected chi connectivity index (χ2v) is 5.49. The van der Waals surface area contributed by atoms with Crippen LogP contribution in [0.4, 0.5) is 5.69 Å². The van der Waals surface area contributed by atoms with E-state index in [1.165, 1.54) is 10.5 Å². The average Bonchev–Trinajstić information content (AvgIpc) is 2.86. The molecular formula is C15H19N3O2. The summed E-state index contributed by atoms with van der Waals surface area (Å²) in [6.45, 7) is 2.41. The largest absolute Gasteiger partial charge is 0.398 e. The smallest absolute Gasteiger partial charge is 0.243 e. The number of imide groups is 1. The van der Waals surface area contributed by atoms with Crippen molar-refractivity contribution in [2.75, 3.05) is 25.4 Å². The van der Waals surface area contributed by atoms with E-state index in [0.717, 1.165) is 30.6 Å². The molecule has 0 spiro atoms. The lowest BCUT2D eigenvalue weighted by Crippen LogP contribution is -2.42. The van der Waals surface area contributed by atoms with E-state index in [2.05, 4.69) is 11.0 Å². The fourth-order valence-corrected chi connectivity index (χ4v) is 2.99. The van der Waals surface area contributed by atoms with Crippen molar-refractivity contribution in [3.8, 4) is 0 Å². The lowest BCUT2D eigenvalue weighted by atomic mass is 9.98. The summed E-state index contributed by atoms with van der Waals surface area (Å²) in [5.41, 5.74) is 9.18. The third kappa shape index (κ3) is 2.41. The van der Waals surface area contributed by atoms with Crippen LogP contribution in [0.3, 0.4) is 0 Å². The second kappa shape index (κ2) is 5.25. The predicted molar refractivity (Wildman–Crippen MR) is 75.8 cm³/mol. The highest BCUT2D eigenvalue weighted by molar-refractivity contribution is 5.97. The van der Waals surface area contributed by atoms with Gasteiger partial charge in [0.1, 0.15) is 0 Å². The molecule has 3 rings (SSSR count). The van der Waals surface area contributed by atoms with Crippen molar-refractivity contribution < 1.29 is 9.59 Å². The van der Waals surface area contributed by atoms with Crippen LogP contribution in [0.2, 0.25) is 0 Å². The van der Waals surface area contributed by atoms with E-state index in [9.17, 15) is 9.59 Å². The number of nitrogens with two attached hydrogens (primary N) is 1. The molecule has 0 radical (unpaired) electrons. The van der Waals surface area contributed by atoms with E-state index in [0.29, 0.717) is 26.1 Å². The van der Waals surface area contributed by atoms with Gasteiger partial charge in [0.25, 0.3) is 0 Å². The first kappa shape index (κ1) is 13.1. The molecule has 2 aliphatic rings. The fourth-order valence-electron chi connectivity index (χ4n) is 2.99. The molecule has 5 heteroatoms. The first-order valence-corrected chi connectivity index (χ1v) is 7.07. The SMILES string of the molecule is Nc1cccc2c1CN(CC(=O)N1CCCC1=O)CC2. The summed E-state index contributed by atoms with van der Waals surface area (Å²) >= 11 is 0. The Balaban J connectivity index is 1.67. The minimum atomic E-state index is -0.0783. The number of amides is 2. The number of nitrogens with zero attached hydrogens (tertiary/aromatic N) is 2. The van der Waals surface area contributed by atoms with Gasteiger partial charge in [0.2, 0.25) is 11.8 Å². The van der Waals surface area contributed by atoms with Gasteiger partial charge in [-0.25, -0.2) is 0 Å². The number of anilines is 1. The maximum absolute atomic E-state index is 12.2. The summed E-state index contributed by atoms with van der Waals surface area (Å²) in [5.74, 6) is -0.114. The molecule has 0 saturated carbocycles. The maximum Gasteiger partial charge on any atom is 0.243 e. The molecule has 0 aromatic heterocycles. The quantitative estimate of drug-likeness (QED) is 0.809. The summed E-state index contributed by atoms with van der Waals surface area (Å²) in [6.07, 6.45) is 2.20. The molecule has 5 nitrogen and oxygen atoms in total. The summed E-state index contributed by atoms with van der Waals surface area (Å²) in [6, 6.07) is 5.96. The molecule has 1 fully saturated rings. The van der Waals surface area contributed by atoms with E-state index >= 15 is 0 Å². The number of hydrogen-bond donors (Lipinski definition) is 1. The molecule has 1 aromatic carbocycles. The first-order valence-electron chi connectivity index (χ1n) is 7.07. The minimum absolute atomic E-state index is 0.0353. The Bertz CT molecular complexity index is 556. The van der Waals surface area contributed by atoms with Gasteiger partial charge < -0.3 is 5.73 Å². The maximum atomic E-state index is 12.2. The van der Waals surface area contributed by atoms with Gasteiger partial charge in [0.05, 0.1) is 6.54 Å². The number of carbonyl (C=O) groups is 2. The highest BCUT2D eigenvalue weighted by Crippen LogP contribution is 2.24. The number of carbonyl (C=O) groups excluding carboxylic acids is 2. The molecule has 2 aliphatic heterocycles. The standard InChI is InChI=1S/C15H19N3O2/c16-13-4-1-3-11-6-8-17(9-12(11)13)10-15(20)18-7-2-5-14(18)19/h1,3-4H,2,5-10,16H2. The van der Waals surface area contributed by atoms with Crippen LogP contribution in [0, 0.1) is 0 Å². The van der Waals surface area contributed by atoms with E-state index in [1.54, 1.807) is 0 Å². The Labute approximate surface area is 118 Å². The van der Waals surface area contributed by atoms with Gasteiger partial charge in [-0.3, -0.25) is 19.4 Å². The second-order valence-electron chi connectivity index (χ2n) is 5.49. The normalized spacial score (nSPS) is 19.2. The van der Waals surface area contributed by atoms with E-state index < -0.39 is 0 Å². The van der Waals surface area contributed by atoms with E-state index in [-0.39, 0.29) is 11.8 Å². The molecule has 106 valence electrons. The molecule has 1 saturated heterocycles. The van der Waals surface area contributed by atoms with Crippen molar-refractivity contribution in [1.82, 2.24) is 9.80 Å². The molecule has 0 aliphatic carbocycles. The number of rotatable bonds is 2. The van der Waals surface area contributed by atoms with Crippen molar-refractivity contribution in [3.63, 3.8) is 0 Å². The van der Waals surface area contributed by atoms with Gasteiger partial charge in [-0.15, -0.1) is 0 Å². The van der Waals surface area contributed by atoms with Crippen molar-refractivity contribution >= 4 is 17.5 Å². The zero-order valence-corrected chi connectivity index (χ0v) is 11.5. The van der Waals surface area contributed by atoms with Gasteiger partial charge in [0.15, 0.2) is 0 Å². The minimum Gasteiger partial charge on any atom is -0.398 e. The monoisotopic (exact) mass is 273 g/mol. The number of hydrogen-bond acceptors (Lipinski definition) is 4. The number of likely N-dealkylation sites (tertiary alicyclic amines) is 1. The van der Waals surface area contributed by atoms with Crippen LogP contribution in [-0.2, 0) is 22.6 Å². The number of nitrogen functional groups attached to an aromatic ring is 1. The summed E-state index contributed by atoms with van der Waals surface area (Å²) < 4.78 is 0. The first-order chi connectivity index (χ1) is 9.65. The van der Waals surface area contributed by atoms with Crippen molar-refractivity contribution in [2.45, 2.75) is 25.8 Å². The molecule has 0 atom stereocenters. The zero-order chi connectivity index (χ0) is 14.1. The Kier molecular flexibility index (Phi) is 3.44. The van der Waals surface area contributed by atoms with Crippen LogP contribution in [0.25, 0.3) is 0 Å². The molecule has 1 aromatic rings. The van der Waals surface area contributed by atoms with Crippen LogP contribution >= 0.6 is 0 Å². The third-order valence-electron chi connectivity index (χ3n) is 4.12. The van der Waals surface area contributed by atoms with E-state index in [1.807, 2.05) is 12.1 Å². The van der Waals surface area contributed by atoms with Crippen LogP contribution in [-0.4, -0.2) is 41.2 Å². The highest BCUT2D eigenvalue weighted by atomic mass is 16.2. The zero-order valence-electron chi connectivity index (χ0n) is 11.5. The molecule has 2 heterocycles. The van der Waals surface area contributed by atoms with Gasteiger partial charge in [-0.1, -0.05) is 12.1 Å². The van der Waals surface area contributed by atoms with Crippen LogP contribution < -0.4 is 5.73 Å². The average molecular weight is 273 g/mol. The van der Waals surface area contributed by atoms with Gasteiger partial charge >= 0.3 is 0 Å². The van der Waals surface area contributed by atoms with Crippen LogP contribution in [0.15, 0.2) is 18.2 Å². The van der Waals surface area contributed by atoms with Gasteiger partial charge in [-0.2, -0.15) is 0 Å². The molecule has 2 N–H and O–H groups in total. The van der Waals surface area contributed by atoms with Crippen molar-refractivity contribution in [1.29, 1.82) is 0 Å². The summed E-state index contributed by atoms with van der Waals surface area (Å²) in [4.78, 5) is 27.2. The molecule has 2 amide bonds. The summed E-state index contributed by atoms with van der Waals surface area (Å²) in [7, 11) is 0. The Morgan fingerprint density at radius 1 is 1.25 bits per heavy atom. The lowest BCUT2D eigenvalue weighted by molar-refractivity contribution is -0.142. The van der Waals surface area contributed by atoms with E-state index in [4.69, 9.17) is 5.73 Å². The Morgan fingerprint density at radius 3 is 2.85 bits per heavy atom. The highest BCUT2D eigenvalue weighted by Gasteiger charge is 2.28. The van der Waals surface area contributed by atoms with Crippen molar-refractivity contribution in [3.05, 3.63) is 29.3 Å². The van der Waals surface area contributed by atoms with Crippen LogP contribution in [0.1, 0.15) is 24.0 Å². The van der Waals surface area contributed by atoms with Gasteiger partial charge in [-0.05, 0) is 30.0 Å². The van der Waals surface area contributed by atoms with Crippen LogP contribution in [0.5, 0.6) is 0 Å². The number of fused-ring (bicyclic) bond motifs is 1. The fraction of sp³-hybridized carbons (Fsp3) is 0.467. The molecule has 0 unspecified atom stereocenters. The Hall–Kier alpha value is -1.88.